The van der Waals surface area contributed by atoms with E-state index in [1.807, 2.05) is 4.90 Å². The predicted molar refractivity (Wildman–Crippen MR) is 155 cm³/mol. The van der Waals surface area contributed by atoms with Crippen LogP contribution in [0, 0.1) is 5.92 Å². The fourth-order valence-electron chi connectivity index (χ4n) is 4.77. The Hall–Kier alpha value is -4.75. The number of rotatable bonds is 11. The van der Waals surface area contributed by atoms with Crippen LogP contribution in [0.4, 0.5) is 30.6 Å². The molecule has 0 bridgehead atoms. The normalized spacial score (nSPS) is 16.0. The number of amides is 1. The maximum Gasteiger partial charge on any atom is 0.573 e. The van der Waals surface area contributed by atoms with Crippen LogP contribution in [0.15, 0.2) is 53.7 Å². The summed E-state index contributed by atoms with van der Waals surface area (Å²) in [5, 5.41) is 6.12. The molecule has 2 aromatic carbocycles. The van der Waals surface area contributed by atoms with Crippen molar-refractivity contribution in [2.45, 2.75) is 25.2 Å². The van der Waals surface area contributed by atoms with Gasteiger partial charge in [0.1, 0.15) is 11.6 Å². The van der Waals surface area contributed by atoms with Crippen LogP contribution in [0.1, 0.15) is 24.4 Å². The van der Waals surface area contributed by atoms with Gasteiger partial charge in [-0.15, -0.1) is 13.2 Å². The van der Waals surface area contributed by atoms with E-state index in [9.17, 15) is 18.0 Å². The first kappa shape index (κ1) is 31.2. The minimum absolute atomic E-state index is 0.199. The Morgan fingerprint density at radius 1 is 1.09 bits per heavy atom. The number of hydrogen-bond donors (Lipinski definition) is 2. The zero-order chi connectivity index (χ0) is 31.0. The van der Waals surface area contributed by atoms with Crippen molar-refractivity contribution in [2.24, 2.45) is 10.9 Å². The molecule has 230 valence electrons. The van der Waals surface area contributed by atoms with Crippen molar-refractivity contribution in [1.82, 2.24) is 15.3 Å². The van der Waals surface area contributed by atoms with Crippen LogP contribution in [0.2, 0.25) is 0 Å². The molecule has 1 aromatic heterocycles. The highest BCUT2D eigenvalue weighted by Gasteiger charge is 2.31. The third kappa shape index (κ3) is 8.17. The van der Waals surface area contributed by atoms with E-state index in [0.717, 1.165) is 6.42 Å². The van der Waals surface area contributed by atoms with Crippen molar-refractivity contribution >= 4 is 29.6 Å². The number of piperidine rings is 1. The lowest BCUT2D eigenvalue weighted by molar-refractivity contribution is -0.274. The van der Waals surface area contributed by atoms with Crippen molar-refractivity contribution in [3.05, 3.63) is 54.2 Å². The minimum atomic E-state index is -4.79. The van der Waals surface area contributed by atoms with Gasteiger partial charge in [-0.25, -0.2) is 4.98 Å². The first-order valence-electron chi connectivity index (χ1n) is 13.4. The van der Waals surface area contributed by atoms with Gasteiger partial charge in [-0.3, -0.25) is 9.79 Å². The largest absolute Gasteiger partial charge is 0.573 e. The number of methoxy groups -OCH3 is 3. The third-order valence-corrected chi connectivity index (χ3v) is 6.75. The summed E-state index contributed by atoms with van der Waals surface area (Å²) in [5.41, 5.74) is 1.20. The fraction of sp³-hybridized carbons (Fsp3) is 0.379. The predicted octanol–water partition coefficient (Wildman–Crippen LogP) is 4.92. The molecular formula is C29H33F3N6O5. The topological polar surface area (TPSA) is 119 Å². The minimum Gasteiger partial charge on any atom is -0.493 e. The lowest BCUT2D eigenvalue weighted by Crippen LogP contribution is -2.44. The van der Waals surface area contributed by atoms with Gasteiger partial charge in [0.2, 0.25) is 17.6 Å². The van der Waals surface area contributed by atoms with Gasteiger partial charge in [0.05, 0.1) is 33.3 Å². The smallest absolute Gasteiger partial charge is 0.493 e. The molecule has 1 fully saturated rings. The number of anilines is 3. The van der Waals surface area contributed by atoms with Gasteiger partial charge in [0.25, 0.3) is 0 Å². The van der Waals surface area contributed by atoms with Crippen LogP contribution in [-0.4, -0.2) is 69.9 Å². The Balaban J connectivity index is 1.44. The average Bonchev–Trinajstić information content (AvgIpc) is 3.00. The SMILES string of the molecule is CN=CC(NC(=O)[C@H]1CCCN(c2ccnc(Nc3cc(OC)c(OC)c(OC)c3)n2)C1)c1ccc(OC(F)(F)F)cc1. The molecule has 2 atom stereocenters. The molecule has 1 unspecified atom stereocenters. The third-order valence-electron chi connectivity index (χ3n) is 6.75. The summed E-state index contributed by atoms with van der Waals surface area (Å²) >= 11 is 0. The number of alkyl halides is 3. The molecular weight excluding hydrogens is 569 g/mol. The number of carbonyl (C=O) groups excluding carboxylic acids is 1. The van der Waals surface area contributed by atoms with Gasteiger partial charge < -0.3 is 34.5 Å². The highest BCUT2D eigenvalue weighted by atomic mass is 19.4. The lowest BCUT2D eigenvalue weighted by Gasteiger charge is -2.33. The van der Waals surface area contributed by atoms with Gasteiger partial charge in [0, 0.05) is 50.4 Å². The Morgan fingerprint density at radius 3 is 2.40 bits per heavy atom. The summed E-state index contributed by atoms with van der Waals surface area (Å²) < 4.78 is 57.7. The quantitative estimate of drug-likeness (QED) is 0.295. The van der Waals surface area contributed by atoms with Gasteiger partial charge in [-0.05, 0) is 36.6 Å². The lowest BCUT2D eigenvalue weighted by atomic mass is 9.96. The van der Waals surface area contributed by atoms with E-state index in [4.69, 9.17) is 14.2 Å². The summed E-state index contributed by atoms with van der Waals surface area (Å²) in [6.07, 6.45) is -0.202. The number of halogens is 3. The van der Waals surface area contributed by atoms with E-state index in [2.05, 4.69) is 30.3 Å². The molecule has 1 saturated heterocycles. The van der Waals surface area contributed by atoms with Gasteiger partial charge in [0.15, 0.2) is 11.5 Å². The summed E-state index contributed by atoms with van der Waals surface area (Å²) in [6, 6.07) is 9.96. The van der Waals surface area contributed by atoms with E-state index in [-0.39, 0.29) is 17.6 Å². The maximum atomic E-state index is 13.3. The van der Waals surface area contributed by atoms with Crippen LogP contribution in [0.5, 0.6) is 23.0 Å². The van der Waals surface area contributed by atoms with Gasteiger partial charge in [-0.2, -0.15) is 4.98 Å². The molecule has 1 amide bonds. The second-order valence-corrected chi connectivity index (χ2v) is 9.57. The molecule has 2 heterocycles. The standard InChI is InChI=1S/C29H33F3N6O5/c1-33-16-22(18-7-9-21(10-8-18)43-29(30,31)32)36-27(39)19-6-5-13-38(17-19)25-11-12-34-28(37-25)35-20-14-23(40-2)26(42-4)24(15-20)41-3/h7-12,14-16,19,22H,5-6,13,17H2,1-4H3,(H,36,39)(H,34,35,37)/t19-,22?/m0/s1. The molecule has 3 aromatic rings. The molecule has 0 spiro atoms. The molecule has 1 aliphatic rings. The van der Waals surface area contributed by atoms with E-state index >= 15 is 0 Å². The molecule has 0 aliphatic carbocycles. The number of nitrogens with zero attached hydrogens (tertiary/aromatic N) is 4. The highest BCUT2D eigenvalue weighted by molar-refractivity contribution is 5.84. The second-order valence-electron chi connectivity index (χ2n) is 9.57. The first-order valence-corrected chi connectivity index (χ1v) is 13.4. The average molecular weight is 603 g/mol. The second kappa shape index (κ2) is 13.9. The van der Waals surface area contributed by atoms with Crippen LogP contribution in [0.25, 0.3) is 0 Å². The summed E-state index contributed by atoms with van der Waals surface area (Å²) in [7, 11) is 6.14. The van der Waals surface area contributed by atoms with Crippen LogP contribution >= 0.6 is 0 Å². The summed E-state index contributed by atoms with van der Waals surface area (Å²) in [5.74, 6) is 1.50. The maximum absolute atomic E-state index is 13.3. The summed E-state index contributed by atoms with van der Waals surface area (Å²) in [4.78, 5) is 28.3. The zero-order valence-electron chi connectivity index (χ0n) is 24.1. The van der Waals surface area contributed by atoms with Gasteiger partial charge in [-0.1, -0.05) is 12.1 Å². The first-order chi connectivity index (χ1) is 20.6. The van der Waals surface area contributed by atoms with Crippen molar-refractivity contribution in [2.75, 3.05) is 51.7 Å². The van der Waals surface area contributed by atoms with E-state index in [0.29, 0.717) is 59.8 Å². The van der Waals surface area contributed by atoms with E-state index in [1.54, 1.807) is 31.4 Å². The van der Waals surface area contributed by atoms with Gasteiger partial charge >= 0.3 is 6.36 Å². The Labute approximate surface area is 247 Å². The number of carbonyl (C=O) groups is 1. The Bertz CT molecular complexity index is 1400. The molecule has 1 aliphatic heterocycles. The van der Waals surface area contributed by atoms with Crippen LogP contribution in [0.3, 0.4) is 0 Å². The zero-order valence-corrected chi connectivity index (χ0v) is 24.1. The number of nitrogens with one attached hydrogen (secondary N) is 2. The van der Waals surface area contributed by atoms with Crippen molar-refractivity contribution in [1.29, 1.82) is 0 Å². The molecule has 2 N–H and O–H groups in total. The molecule has 11 nitrogen and oxygen atoms in total. The number of aromatic nitrogens is 2. The number of hydrogen-bond acceptors (Lipinski definition) is 10. The number of aliphatic imine (C=N–C) groups is 1. The highest BCUT2D eigenvalue weighted by Crippen LogP contribution is 2.40. The fourth-order valence-corrected chi connectivity index (χ4v) is 4.77. The molecule has 14 heteroatoms. The summed E-state index contributed by atoms with van der Waals surface area (Å²) in [6.45, 7) is 1.12. The Morgan fingerprint density at radius 2 is 1.79 bits per heavy atom. The Kier molecular flexibility index (Phi) is 10.1. The van der Waals surface area contributed by atoms with E-state index in [1.165, 1.54) is 51.8 Å². The van der Waals surface area contributed by atoms with Crippen molar-refractivity contribution < 1.29 is 36.9 Å². The monoisotopic (exact) mass is 602 g/mol. The number of benzene rings is 2. The molecule has 0 radical (unpaired) electrons. The molecule has 0 saturated carbocycles. The molecule has 43 heavy (non-hydrogen) atoms. The van der Waals surface area contributed by atoms with E-state index < -0.39 is 12.4 Å². The number of ether oxygens (including phenoxy) is 4. The molecule has 4 rings (SSSR count). The van der Waals surface area contributed by atoms with Crippen LogP contribution in [-0.2, 0) is 4.79 Å². The van der Waals surface area contributed by atoms with Crippen molar-refractivity contribution in [3.63, 3.8) is 0 Å². The van der Waals surface area contributed by atoms with Crippen LogP contribution < -0.4 is 34.5 Å². The van der Waals surface area contributed by atoms with Crippen molar-refractivity contribution in [3.8, 4) is 23.0 Å².